The van der Waals surface area contributed by atoms with Gasteiger partial charge in [-0.2, -0.15) is 11.3 Å². The van der Waals surface area contributed by atoms with Crippen LogP contribution in [0.15, 0.2) is 45.6 Å². The highest BCUT2D eigenvalue weighted by Gasteiger charge is 2.11. The predicted molar refractivity (Wildman–Crippen MR) is 90.6 cm³/mol. The van der Waals surface area contributed by atoms with Gasteiger partial charge in [-0.05, 0) is 39.4 Å². The molecule has 3 rings (SSSR count). The fraction of sp³-hybridized carbons (Fsp3) is 0.0667. The number of aromatic amines is 1. The Balaban J connectivity index is 2.24. The lowest BCUT2D eigenvalue weighted by atomic mass is 10.1. The summed E-state index contributed by atoms with van der Waals surface area (Å²) in [6.45, 7) is 2.08. The lowest BCUT2D eigenvalue weighted by Crippen LogP contribution is -1.95. The lowest BCUT2D eigenvalue weighted by molar-refractivity contribution is 1.14. The van der Waals surface area contributed by atoms with Crippen LogP contribution in [0.1, 0.15) is 5.56 Å². The third-order valence-corrected chi connectivity index (χ3v) is 5.23. The van der Waals surface area contributed by atoms with Crippen LogP contribution in [0.2, 0.25) is 0 Å². The van der Waals surface area contributed by atoms with Crippen LogP contribution in [0.3, 0.4) is 0 Å². The van der Waals surface area contributed by atoms with Crippen molar-refractivity contribution in [3.63, 3.8) is 0 Å². The fourth-order valence-corrected chi connectivity index (χ4v) is 3.44. The molecule has 2 nitrogen and oxygen atoms in total. The predicted octanol–water partition coefficient (Wildman–Crippen LogP) is 5.61. The molecule has 20 heavy (non-hydrogen) atoms. The minimum atomic E-state index is 0.572. The lowest BCUT2D eigenvalue weighted by Gasteiger charge is -2.08. The maximum atomic E-state index is 5.37. The van der Waals surface area contributed by atoms with Crippen molar-refractivity contribution in [2.24, 2.45) is 0 Å². The van der Waals surface area contributed by atoms with Gasteiger partial charge in [-0.3, -0.25) is 0 Å². The SMILES string of the molecule is Cc1cscc1-c1nc(=S)c(Br)c(-c2ccccc2)[nH]1. The van der Waals surface area contributed by atoms with Gasteiger partial charge in [0.15, 0.2) is 0 Å². The second-order valence-corrected chi connectivity index (χ2v) is 6.34. The molecular formula is C15H11BrN2S2. The Morgan fingerprint density at radius 2 is 1.95 bits per heavy atom. The van der Waals surface area contributed by atoms with E-state index in [1.165, 1.54) is 5.56 Å². The van der Waals surface area contributed by atoms with E-state index in [4.69, 9.17) is 12.2 Å². The highest BCUT2D eigenvalue weighted by Crippen LogP contribution is 2.31. The summed E-state index contributed by atoms with van der Waals surface area (Å²) >= 11 is 10.6. The van der Waals surface area contributed by atoms with Crippen LogP contribution in [0.5, 0.6) is 0 Å². The zero-order chi connectivity index (χ0) is 14.1. The zero-order valence-electron chi connectivity index (χ0n) is 10.7. The van der Waals surface area contributed by atoms with Crippen molar-refractivity contribution in [3.05, 3.63) is 55.8 Å². The summed E-state index contributed by atoms with van der Waals surface area (Å²) in [5.41, 5.74) is 4.36. The minimum Gasteiger partial charge on any atom is -0.338 e. The van der Waals surface area contributed by atoms with E-state index in [9.17, 15) is 0 Å². The average Bonchev–Trinajstić information content (AvgIpc) is 2.89. The smallest absolute Gasteiger partial charge is 0.144 e. The summed E-state index contributed by atoms with van der Waals surface area (Å²) in [7, 11) is 0. The van der Waals surface area contributed by atoms with Crippen molar-refractivity contribution in [1.29, 1.82) is 0 Å². The topological polar surface area (TPSA) is 28.7 Å². The number of aryl methyl sites for hydroxylation is 1. The summed E-state index contributed by atoms with van der Waals surface area (Å²) in [6.07, 6.45) is 0. The van der Waals surface area contributed by atoms with E-state index in [0.29, 0.717) is 4.64 Å². The van der Waals surface area contributed by atoms with Gasteiger partial charge in [0.1, 0.15) is 10.5 Å². The van der Waals surface area contributed by atoms with E-state index < -0.39 is 0 Å². The second-order valence-electron chi connectivity index (χ2n) is 4.41. The monoisotopic (exact) mass is 362 g/mol. The molecule has 3 aromatic rings. The molecule has 0 saturated heterocycles. The van der Waals surface area contributed by atoms with E-state index >= 15 is 0 Å². The number of hydrogen-bond acceptors (Lipinski definition) is 3. The zero-order valence-corrected chi connectivity index (χ0v) is 13.9. The first-order valence-electron chi connectivity index (χ1n) is 6.05. The normalized spacial score (nSPS) is 10.7. The molecule has 0 amide bonds. The molecule has 100 valence electrons. The van der Waals surface area contributed by atoms with Gasteiger partial charge in [0.2, 0.25) is 0 Å². The van der Waals surface area contributed by atoms with Crippen LogP contribution in [-0.2, 0) is 0 Å². The Labute approximate surface area is 134 Å². The highest BCUT2D eigenvalue weighted by molar-refractivity contribution is 9.10. The molecule has 0 spiro atoms. The summed E-state index contributed by atoms with van der Waals surface area (Å²) < 4.78 is 1.40. The number of halogens is 1. The molecule has 0 unspecified atom stereocenters. The first kappa shape index (κ1) is 13.7. The number of hydrogen-bond donors (Lipinski definition) is 1. The average molecular weight is 363 g/mol. The van der Waals surface area contributed by atoms with Gasteiger partial charge in [-0.1, -0.05) is 42.5 Å². The van der Waals surface area contributed by atoms with Gasteiger partial charge >= 0.3 is 0 Å². The van der Waals surface area contributed by atoms with E-state index in [0.717, 1.165) is 27.1 Å². The van der Waals surface area contributed by atoms with Crippen molar-refractivity contribution in [2.75, 3.05) is 0 Å². The molecule has 1 N–H and O–H groups in total. The van der Waals surface area contributed by atoms with E-state index in [2.05, 4.69) is 55.7 Å². The molecule has 0 aliphatic rings. The van der Waals surface area contributed by atoms with E-state index in [1.54, 1.807) is 11.3 Å². The van der Waals surface area contributed by atoms with Gasteiger partial charge in [-0.25, -0.2) is 4.98 Å². The van der Waals surface area contributed by atoms with Gasteiger partial charge in [0.05, 0.1) is 10.2 Å². The Bertz CT molecular complexity index is 806. The Hall–Kier alpha value is -1.30. The van der Waals surface area contributed by atoms with Crippen molar-refractivity contribution < 1.29 is 0 Å². The largest absolute Gasteiger partial charge is 0.338 e. The first-order chi connectivity index (χ1) is 9.66. The summed E-state index contributed by atoms with van der Waals surface area (Å²) in [5, 5.41) is 4.20. The molecule has 0 aliphatic carbocycles. The number of nitrogens with zero attached hydrogens (tertiary/aromatic N) is 1. The molecular weight excluding hydrogens is 352 g/mol. The van der Waals surface area contributed by atoms with Crippen molar-refractivity contribution in [2.45, 2.75) is 6.92 Å². The molecule has 2 heterocycles. The molecule has 0 radical (unpaired) electrons. The van der Waals surface area contributed by atoms with Gasteiger partial charge in [-0.15, -0.1) is 0 Å². The van der Waals surface area contributed by atoms with Gasteiger partial charge < -0.3 is 4.98 Å². The van der Waals surface area contributed by atoms with Crippen LogP contribution in [0, 0.1) is 11.6 Å². The molecule has 0 saturated carbocycles. The van der Waals surface area contributed by atoms with Crippen LogP contribution in [0.25, 0.3) is 22.6 Å². The minimum absolute atomic E-state index is 0.572. The third kappa shape index (κ3) is 2.49. The summed E-state index contributed by atoms with van der Waals surface area (Å²) in [4.78, 5) is 7.88. The number of aromatic nitrogens is 2. The van der Waals surface area contributed by atoms with E-state index in [-0.39, 0.29) is 0 Å². The van der Waals surface area contributed by atoms with E-state index in [1.807, 2.05) is 18.2 Å². The standard InChI is InChI=1S/C15H11BrN2S2/c1-9-7-20-8-11(9)14-17-13(12(16)15(19)18-14)10-5-3-2-4-6-10/h2-8H,1H3,(H,17,18,19). The number of thiophene rings is 1. The van der Waals surface area contributed by atoms with Crippen molar-refractivity contribution in [1.82, 2.24) is 9.97 Å². The van der Waals surface area contributed by atoms with Gasteiger partial charge in [0, 0.05) is 10.9 Å². The number of nitrogens with one attached hydrogen (secondary N) is 1. The molecule has 2 aromatic heterocycles. The van der Waals surface area contributed by atoms with Crippen LogP contribution >= 0.6 is 39.5 Å². The fourth-order valence-electron chi connectivity index (χ4n) is 1.99. The number of benzene rings is 1. The molecule has 0 fully saturated rings. The summed E-state index contributed by atoms with van der Waals surface area (Å²) in [6, 6.07) is 10.1. The quantitative estimate of drug-likeness (QED) is 0.600. The highest BCUT2D eigenvalue weighted by atomic mass is 79.9. The molecule has 1 aromatic carbocycles. The maximum Gasteiger partial charge on any atom is 0.144 e. The Morgan fingerprint density at radius 1 is 1.20 bits per heavy atom. The molecule has 0 aliphatic heterocycles. The first-order valence-corrected chi connectivity index (χ1v) is 8.19. The molecule has 0 atom stereocenters. The molecule has 0 bridgehead atoms. The molecule has 5 heteroatoms. The second kappa shape index (κ2) is 5.60. The van der Waals surface area contributed by atoms with Crippen LogP contribution in [0.4, 0.5) is 0 Å². The number of rotatable bonds is 2. The Kier molecular flexibility index (Phi) is 3.83. The van der Waals surface area contributed by atoms with Crippen molar-refractivity contribution in [3.8, 4) is 22.6 Å². The van der Waals surface area contributed by atoms with Crippen molar-refractivity contribution >= 4 is 39.5 Å². The number of H-pyrrole nitrogens is 1. The third-order valence-electron chi connectivity index (χ3n) is 3.04. The van der Waals surface area contributed by atoms with Gasteiger partial charge in [0.25, 0.3) is 0 Å². The Morgan fingerprint density at radius 3 is 2.60 bits per heavy atom. The summed E-state index contributed by atoms with van der Waals surface area (Å²) in [5.74, 6) is 0.816. The maximum absolute atomic E-state index is 5.37. The van der Waals surface area contributed by atoms with Crippen LogP contribution < -0.4 is 0 Å². The van der Waals surface area contributed by atoms with Crippen LogP contribution in [-0.4, -0.2) is 9.97 Å².